The maximum atomic E-state index is 5.67. The molecule has 0 aliphatic carbocycles. The molecule has 1 aliphatic heterocycles. The molecule has 0 radical (unpaired) electrons. The molecule has 0 amide bonds. The molecule has 0 saturated carbocycles. The van der Waals surface area contributed by atoms with Gasteiger partial charge in [-0.1, -0.05) is 23.4 Å². The molecule has 2 heterocycles. The Morgan fingerprint density at radius 3 is 3.10 bits per heavy atom. The molecule has 112 valence electrons. The van der Waals surface area contributed by atoms with Crippen molar-refractivity contribution in [3.8, 4) is 11.5 Å². The molecule has 21 heavy (non-hydrogen) atoms. The van der Waals surface area contributed by atoms with Crippen molar-refractivity contribution >= 4 is 11.8 Å². The van der Waals surface area contributed by atoms with E-state index in [0.717, 1.165) is 41.4 Å². The van der Waals surface area contributed by atoms with Gasteiger partial charge in [0.1, 0.15) is 0 Å². The quantitative estimate of drug-likeness (QED) is 0.931. The molecule has 0 spiro atoms. The number of nitrogens with two attached hydrogens (primary N) is 1. The van der Waals surface area contributed by atoms with Crippen molar-refractivity contribution in [1.29, 1.82) is 0 Å². The third kappa shape index (κ3) is 3.12. The first-order chi connectivity index (χ1) is 10.3. The Kier molecular flexibility index (Phi) is 4.57. The fourth-order valence-electron chi connectivity index (χ4n) is 2.54. The molecule has 6 heteroatoms. The molecule has 1 unspecified atom stereocenters. The zero-order chi connectivity index (χ0) is 14.7. The molecular weight excluding hydrogens is 284 g/mol. The molecule has 2 N–H and O–H groups in total. The summed E-state index contributed by atoms with van der Waals surface area (Å²) in [6.07, 6.45) is 0.813. The topological polar surface area (TPSA) is 68.2 Å². The lowest BCUT2D eigenvalue weighted by molar-refractivity contribution is 0.257. The van der Waals surface area contributed by atoms with Crippen LogP contribution in [0.4, 0.5) is 0 Å². The van der Waals surface area contributed by atoms with E-state index < -0.39 is 0 Å². The smallest absolute Gasteiger partial charge is 0.258 e. The minimum atomic E-state index is 0.239. The predicted octanol–water partition coefficient (Wildman–Crippen LogP) is 1.96. The van der Waals surface area contributed by atoms with Crippen LogP contribution in [0.15, 0.2) is 28.8 Å². The summed E-state index contributed by atoms with van der Waals surface area (Å²) in [5, 5.41) is 4.20. The molecule has 1 aromatic heterocycles. The average Bonchev–Trinajstić information content (AvgIpc) is 2.98. The summed E-state index contributed by atoms with van der Waals surface area (Å²) in [7, 11) is 2.11. The first-order valence-corrected chi connectivity index (χ1v) is 8.35. The summed E-state index contributed by atoms with van der Waals surface area (Å²) < 4.78 is 5.50. The van der Waals surface area contributed by atoms with Crippen LogP contribution < -0.4 is 5.73 Å². The van der Waals surface area contributed by atoms with Gasteiger partial charge in [0.05, 0.1) is 6.04 Å². The zero-order valence-electron chi connectivity index (χ0n) is 12.2. The molecule has 0 bridgehead atoms. The van der Waals surface area contributed by atoms with E-state index in [1.165, 1.54) is 0 Å². The molecule has 1 atom stereocenters. The highest BCUT2D eigenvalue weighted by Crippen LogP contribution is 2.29. The van der Waals surface area contributed by atoms with Gasteiger partial charge in [-0.05, 0) is 31.6 Å². The lowest BCUT2D eigenvalue weighted by Crippen LogP contribution is -2.33. The summed E-state index contributed by atoms with van der Waals surface area (Å²) in [4.78, 5) is 6.91. The van der Waals surface area contributed by atoms with Crippen LogP contribution in [0, 0.1) is 0 Å². The van der Waals surface area contributed by atoms with Gasteiger partial charge in [-0.3, -0.25) is 4.90 Å². The Bertz CT molecular complexity index is 601. The van der Waals surface area contributed by atoms with E-state index in [2.05, 4.69) is 28.2 Å². The van der Waals surface area contributed by atoms with Crippen molar-refractivity contribution in [2.24, 2.45) is 5.73 Å². The van der Waals surface area contributed by atoms with Gasteiger partial charge >= 0.3 is 0 Å². The average molecular weight is 304 g/mol. The van der Waals surface area contributed by atoms with Crippen molar-refractivity contribution in [1.82, 2.24) is 15.0 Å². The van der Waals surface area contributed by atoms with Gasteiger partial charge in [0.15, 0.2) is 5.82 Å². The number of hydrogen-bond acceptors (Lipinski definition) is 6. The van der Waals surface area contributed by atoms with E-state index in [0.29, 0.717) is 12.4 Å². The Labute approximate surface area is 128 Å². The third-order valence-corrected chi connectivity index (χ3v) is 4.82. The Morgan fingerprint density at radius 2 is 2.29 bits per heavy atom. The van der Waals surface area contributed by atoms with Crippen LogP contribution in [0.1, 0.15) is 17.4 Å². The van der Waals surface area contributed by atoms with Gasteiger partial charge in [-0.25, -0.2) is 0 Å². The normalized spacial score (nSPS) is 19.8. The lowest BCUT2D eigenvalue weighted by atomic mass is 10.0. The Morgan fingerprint density at radius 1 is 1.43 bits per heavy atom. The monoisotopic (exact) mass is 304 g/mol. The first-order valence-electron chi connectivity index (χ1n) is 7.19. The molecule has 3 rings (SSSR count). The Hall–Kier alpha value is -1.37. The fourth-order valence-corrected chi connectivity index (χ4v) is 3.75. The van der Waals surface area contributed by atoms with Gasteiger partial charge in [0.2, 0.25) is 0 Å². The standard InChI is InChI=1S/C15H20N4OS/c1-19-8-9-21-10-13(19)14-17-15(20-18-14)12-5-3-2-4-11(12)6-7-16/h2-5,13H,6-10,16H2,1H3. The summed E-state index contributed by atoms with van der Waals surface area (Å²) in [5.41, 5.74) is 7.82. The highest BCUT2D eigenvalue weighted by molar-refractivity contribution is 7.99. The minimum Gasteiger partial charge on any atom is -0.334 e. The summed E-state index contributed by atoms with van der Waals surface area (Å²) in [6.45, 7) is 1.67. The van der Waals surface area contributed by atoms with Crippen LogP contribution >= 0.6 is 11.8 Å². The van der Waals surface area contributed by atoms with E-state index in [9.17, 15) is 0 Å². The number of nitrogens with zero attached hydrogens (tertiary/aromatic N) is 3. The lowest BCUT2D eigenvalue weighted by Gasteiger charge is -2.29. The van der Waals surface area contributed by atoms with Crippen molar-refractivity contribution in [2.45, 2.75) is 12.5 Å². The van der Waals surface area contributed by atoms with Crippen LogP contribution in [0.3, 0.4) is 0 Å². The molecular formula is C15H20N4OS. The van der Waals surface area contributed by atoms with Crippen molar-refractivity contribution in [3.05, 3.63) is 35.7 Å². The number of benzene rings is 1. The van der Waals surface area contributed by atoms with Crippen molar-refractivity contribution in [3.63, 3.8) is 0 Å². The molecule has 1 fully saturated rings. The number of thioether (sulfide) groups is 1. The molecule has 5 nitrogen and oxygen atoms in total. The summed E-state index contributed by atoms with van der Waals surface area (Å²) >= 11 is 1.94. The predicted molar refractivity (Wildman–Crippen MR) is 85.2 cm³/mol. The fraction of sp³-hybridized carbons (Fsp3) is 0.467. The minimum absolute atomic E-state index is 0.239. The Balaban J connectivity index is 1.88. The number of aromatic nitrogens is 2. The zero-order valence-corrected chi connectivity index (χ0v) is 13.0. The number of hydrogen-bond donors (Lipinski definition) is 1. The van der Waals surface area contributed by atoms with Gasteiger partial charge in [0.25, 0.3) is 5.89 Å². The number of rotatable bonds is 4. The van der Waals surface area contributed by atoms with E-state index in [1.54, 1.807) is 0 Å². The van der Waals surface area contributed by atoms with E-state index in [4.69, 9.17) is 10.3 Å². The highest BCUT2D eigenvalue weighted by atomic mass is 32.2. The largest absolute Gasteiger partial charge is 0.334 e. The van der Waals surface area contributed by atoms with Crippen molar-refractivity contribution in [2.75, 3.05) is 31.6 Å². The molecule has 1 aromatic carbocycles. The van der Waals surface area contributed by atoms with Gasteiger partial charge < -0.3 is 10.3 Å². The maximum absolute atomic E-state index is 5.67. The van der Waals surface area contributed by atoms with Crippen LogP contribution in [0.25, 0.3) is 11.5 Å². The van der Waals surface area contributed by atoms with Gasteiger partial charge in [-0.15, -0.1) is 0 Å². The van der Waals surface area contributed by atoms with E-state index >= 15 is 0 Å². The third-order valence-electron chi connectivity index (χ3n) is 3.80. The van der Waals surface area contributed by atoms with Crippen LogP contribution in [-0.2, 0) is 6.42 Å². The van der Waals surface area contributed by atoms with Crippen LogP contribution in [-0.4, -0.2) is 46.7 Å². The van der Waals surface area contributed by atoms with Gasteiger partial charge in [0, 0.05) is 23.6 Å². The second-order valence-corrected chi connectivity index (χ2v) is 6.37. The molecule has 1 saturated heterocycles. The maximum Gasteiger partial charge on any atom is 0.258 e. The second-order valence-electron chi connectivity index (χ2n) is 5.22. The summed E-state index contributed by atoms with van der Waals surface area (Å²) in [5.74, 6) is 3.55. The molecule has 2 aromatic rings. The second kappa shape index (κ2) is 6.60. The van der Waals surface area contributed by atoms with Crippen LogP contribution in [0.2, 0.25) is 0 Å². The highest BCUT2D eigenvalue weighted by Gasteiger charge is 2.26. The van der Waals surface area contributed by atoms with Gasteiger partial charge in [-0.2, -0.15) is 16.7 Å². The molecule has 1 aliphatic rings. The van der Waals surface area contributed by atoms with E-state index in [1.807, 2.05) is 30.0 Å². The SMILES string of the molecule is CN1CCSCC1c1noc(-c2ccccc2CCN)n1. The first kappa shape index (κ1) is 14.6. The van der Waals surface area contributed by atoms with E-state index in [-0.39, 0.29) is 6.04 Å². The summed E-state index contributed by atoms with van der Waals surface area (Å²) in [6, 6.07) is 8.32. The van der Waals surface area contributed by atoms with Crippen LogP contribution in [0.5, 0.6) is 0 Å². The van der Waals surface area contributed by atoms with Crippen molar-refractivity contribution < 1.29 is 4.52 Å².